The molecule has 1 heterocycles. The summed E-state index contributed by atoms with van der Waals surface area (Å²) in [6.45, 7) is 6.28. The van der Waals surface area contributed by atoms with Gasteiger partial charge in [0, 0.05) is 65.0 Å². The molecule has 1 saturated heterocycles. The van der Waals surface area contributed by atoms with Crippen LogP contribution in [0.4, 0.5) is 5.69 Å². The van der Waals surface area contributed by atoms with Crippen molar-refractivity contribution in [3.8, 4) is 0 Å². The highest BCUT2D eigenvalue weighted by atomic mass is 16.2. The number of para-hydroxylation sites is 1. The summed E-state index contributed by atoms with van der Waals surface area (Å²) < 4.78 is 0. The maximum Gasteiger partial charge on any atom is 0.223 e. The van der Waals surface area contributed by atoms with Crippen LogP contribution in [-0.4, -0.2) is 75.6 Å². The number of carbonyl (C=O) groups is 1. The van der Waals surface area contributed by atoms with E-state index in [-0.39, 0.29) is 5.91 Å². The van der Waals surface area contributed by atoms with Crippen LogP contribution >= 0.6 is 0 Å². The van der Waals surface area contributed by atoms with Crippen molar-refractivity contribution in [2.45, 2.75) is 6.42 Å². The van der Waals surface area contributed by atoms with E-state index in [1.165, 1.54) is 5.69 Å². The van der Waals surface area contributed by atoms with Gasteiger partial charge < -0.3 is 20.0 Å². The van der Waals surface area contributed by atoms with Crippen LogP contribution in [0.2, 0.25) is 0 Å². The molecular weight excluding hydrogens is 276 g/mol. The molecule has 0 atom stereocenters. The Morgan fingerprint density at radius 3 is 2.45 bits per heavy atom. The van der Waals surface area contributed by atoms with Crippen LogP contribution in [0.5, 0.6) is 0 Å². The third kappa shape index (κ3) is 5.31. The molecule has 1 aliphatic heterocycles. The van der Waals surface area contributed by atoms with E-state index in [0.717, 1.165) is 45.8 Å². The minimum absolute atomic E-state index is 0.282. The summed E-state index contributed by atoms with van der Waals surface area (Å²) in [5.41, 5.74) is 1.23. The van der Waals surface area contributed by atoms with Crippen LogP contribution in [0.3, 0.4) is 0 Å². The average molecular weight is 304 g/mol. The Morgan fingerprint density at radius 2 is 1.77 bits per heavy atom. The van der Waals surface area contributed by atoms with Gasteiger partial charge in [-0.25, -0.2) is 0 Å². The van der Waals surface area contributed by atoms with Gasteiger partial charge in [0.05, 0.1) is 0 Å². The molecular formula is C17H28N4O. The standard InChI is InChI=1S/C17H28N4O/c1-19(11-8-17(22)21-12-9-18-10-13-21)14-15-20(2)16-6-4-3-5-7-16/h3-7,18H,8-15H2,1-2H3. The largest absolute Gasteiger partial charge is 0.373 e. The summed E-state index contributed by atoms with van der Waals surface area (Å²) >= 11 is 0. The van der Waals surface area contributed by atoms with E-state index in [0.29, 0.717) is 6.42 Å². The van der Waals surface area contributed by atoms with Crippen molar-refractivity contribution in [3.05, 3.63) is 30.3 Å². The second-order valence-corrected chi connectivity index (χ2v) is 5.94. The Morgan fingerprint density at radius 1 is 1.09 bits per heavy atom. The Kier molecular flexibility index (Phi) is 6.68. The van der Waals surface area contributed by atoms with E-state index in [1.807, 2.05) is 11.0 Å². The van der Waals surface area contributed by atoms with Crippen molar-refractivity contribution >= 4 is 11.6 Å². The van der Waals surface area contributed by atoms with Gasteiger partial charge in [-0.3, -0.25) is 4.79 Å². The van der Waals surface area contributed by atoms with Gasteiger partial charge in [-0.15, -0.1) is 0 Å². The quantitative estimate of drug-likeness (QED) is 0.811. The molecule has 0 aliphatic carbocycles. The van der Waals surface area contributed by atoms with Gasteiger partial charge in [0.15, 0.2) is 0 Å². The number of carbonyl (C=O) groups excluding carboxylic acids is 1. The Balaban J connectivity index is 1.65. The fourth-order valence-corrected chi connectivity index (χ4v) is 2.60. The maximum absolute atomic E-state index is 12.1. The summed E-state index contributed by atoms with van der Waals surface area (Å²) in [5.74, 6) is 0.282. The van der Waals surface area contributed by atoms with Crippen molar-refractivity contribution < 1.29 is 4.79 Å². The lowest BCUT2D eigenvalue weighted by Gasteiger charge is -2.28. The monoisotopic (exact) mass is 304 g/mol. The van der Waals surface area contributed by atoms with Gasteiger partial charge in [0.1, 0.15) is 0 Å². The molecule has 1 aliphatic rings. The molecule has 122 valence electrons. The van der Waals surface area contributed by atoms with E-state index < -0.39 is 0 Å². The number of nitrogens with zero attached hydrogens (tertiary/aromatic N) is 3. The maximum atomic E-state index is 12.1. The Hall–Kier alpha value is -1.59. The summed E-state index contributed by atoms with van der Waals surface area (Å²) in [6.07, 6.45) is 0.617. The third-order valence-corrected chi connectivity index (χ3v) is 4.19. The minimum Gasteiger partial charge on any atom is -0.373 e. The van der Waals surface area contributed by atoms with E-state index in [2.05, 4.69) is 53.5 Å². The molecule has 0 saturated carbocycles. The van der Waals surface area contributed by atoms with E-state index in [9.17, 15) is 4.79 Å². The molecule has 0 unspecified atom stereocenters. The smallest absolute Gasteiger partial charge is 0.223 e. The number of rotatable bonds is 7. The normalized spacial score (nSPS) is 15.1. The molecule has 5 nitrogen and oxygen atoms in total. The van der Waals surface area contributed by atoms with Crippen molar-refractivity contribution in [3.63, 3.8) is 0 Å². The summed E-state index contributed by atoms with van der Waals surface area (Å²) in [4.78, 5) is 18.6. The number of nitrogens with one attached hydrogen (secondary N) is 1. The van der Waals surface area contributed by atoms with E-state index in [4.69, 9.17) is 0 Å². The molecule has 1 aromatic carbocycles. The second kappa shape index (κ2) is 8.76. The first-order valence-electron chi connectivity index (χ1n) is 8.10. The van der Waals surface area contributed by atoms with Crippen molar-refractivity contribution in [2.24, 2.45) is 0 Å². The zero-order valence-corrected chi connectivity index (χ0v) is 13.8. The SMILES string of the molecule is CN(CCC(=O)N1CCNCC1)CCN(C)c1ccccc1. The highest BCUT2D eigenvalue weighted by Crippen LogP contribution is 2.10. The topological polar surface area (TPSA) is 38.8 Å². The zero-order valence-electron chi connectivity index (χ0n) is 13.8. The lowest BCUT2D eigenvalue weighted by atomic mass is 10.3. The van der Waals surface area contributed by atoms with Gasteiger partial charge >= 0.3 is 0 Å². The van der Waals surface area contributed by atoms with E-state index in [1.54, 1.807) is 0 Å². The molecule has 0 spiro atoms. The first-order valence-corrected chi connectivity index (χ1v) is 8.10. The van der Waals surface area contributed by atoms with Gasteiger partial charge in [-0.05, 0) is 19.2 Å². The predicted octanol–water partition coefficient (Wildman–Crippen LogP) is 0.877. The average Bonchev–Trinajstić information content (AvgIpc) is 2.59. The molecule has 1 aromatic rings. The summed E-state index contributed by atoms with van der Waals surface area (Å²) in [5, 5.41) is 3.27. The highest BCUT2D eigenvalue weighted by Gasteiger charge is 2.16. The molecule has 5 heteroatoms. The summed E-state index contributed by atoms with van der Waals surface area (Å²) in [7, 11) is 4.19. The van der Waals surface area contributed by atoms with Crippen LogP contribution in [0.1, 0.15) is 6.42 Å². The lowest BCUT2D eigenvalue weighted by Crippen LogP contribution is -2.47. The summed E-state index contributed by atoms with van der Waals surface area (Å²) in [6, 6.07) is 10.4. The fourth-order valence-electron chi connectivity index (χ4n) is 2.60. The Bertz CT molecular complexity index is 445. The van der Waals surface area contributed by atoms with Crippen LogP contribution in [0, 0.1) is 0 Å². The number of benzene rings is 1. The number of amides is 1. The third-order valence-electron chi connectivity index (χ3n) is 4.19. The van der Waals surface area contributed by atoms with Crippen LogP contribution in [0.15, 0.2) is 30.3 Å². The van der Waals surface area contributed by atoms with Crippen molar-refractivity contribution in [1.29, 1.82) is 0 Å². The first-order chi connectivity index (χ1) is 10.7. The first kappa shape index (κ1) is 16.8. The number of piperazine rings is 1. The highest BCUT2D eigenvalue weighted by molar-refractivity contribution is 5.76. The van der Waals surface area contributed by atoms with Crippen LogP contribution < -0.4 is 10.2 Å². The molecule has 1 fully saturated rings. The van der Waals surface area contributed by atoms with Crippen molar-refractivity contribution in [1.82, 2.24) is 15.1 Å². The number of hydrogen-bond donors (Lipinski definition) is 1. The molecule has 1 N–H and O–H groups in total. The zero-order chi connectivity index (χ0) is 15.8. The number of anilines is 1. The van der Waals surface area contributed by atoms with Gasteiger partial charge in [0.25, 0.3) is 0 Å². The minimum atomic E-state index is 0.282. The fraction of sp³-hybridized carbons (Fsp3) is 0.588. The predicted molar refractivity (Wildman–Crippen MR) is 91.3 cm³/mol. The molecule has 2 rings (SSSR count). The van der Waals surface area contributed by atoms with Crippen LogP contribution in [-0.2, 0) is 4.79 Å². The van der Waals surface area contributed by atoms with Gasteiger partial charge in [-0.1, -0.05) is 18.2 Å². The van der Waals surface area contributed by atoms with Gasteiger partial charge in [0.2, 0.25) is 5.91 Å². The Labute approximate surface area is 133 Å². The second-order valence-electron chi connectivity index (χ2n) is 5.94. The molecule has 0 bridgehead atoms. The van der Waals surface area contributed by atoms with E-state index >= 15 is 0 Å². The number of hydrogen-bond acceptors (Lipinski definition) is 4. The molecule has 0 radical (unpaired) electrons. The molecule has 0 aromatic heterocycles. The van der Waals surface area contributed by atoms with Gasteiger partial charge in [-0.2, -0.15) is 0 Å². The van der Waals surface area contributed by atoms with Crippen molar-refractivity contribution in [2.75, 3.05) is 64.8 Å². The number of likely N-dealkylation sites (N-methyl/N-ethyl adjacent to an activating group) is 2. The lowest BCUT2D eigenvalue weighted by molar-refractivity contribution is -0.132. The molecule has 22 heavy (non-hydrogen) atoms. The van der Waals surface area contributed by atoms with Crippen LogP contribution in [0.25, 0.3) is 0 Å². The molecule has 1 amide bonds.